The number of esters is 2. The number of carbonyl (C=O) groups excluding carboxylic acids is 2. The number of phosphoric acid groups is 1. The van der Waals surface area contributed by atoms with Crippen LogP contribution in [0.15, 0.2) is 24.3 Å². The van der Waals surface area contributed by atoms with E-state index < -0.39 is 51.8 Å². The van der Waals surface area contributed by atoms with Gasteiger partial charge >= 0.3 is 19.8 Å². The highest BCUT2D eigenvalue weighted by atomic mass is 31.2. The molecule has 0 heterocycles. The minimum absolute atomic E-state index is 0.178. The van der Waals surface area contributed by atoms with Crippen LogP contribution in [0.5, 0.6) is 0 Å². The Balaban J connectivity index is 4.22. The van der Waals surface area contributed by atoms with E-state index in [1.807, 2.05) is 0 Å². The van der Waals surface area contributed by atoms with Crippen LogP contribution in [-0.2, 0) is 32.7 Å². The Kier molecular flexibility index (Phi) is 42.4. The van der Waals surface area contributed by atoms with Gasteiger partial charge in [-0.05, 0) is 44.9 Å². The van der Waals surface area contributed by atoms with E-state index in [9.17, 15) is 24.2 Å². The molecule has 0 aromatic heterocycles. The number of ether oxygens (including phenoxy) is 2. The predicted octanol–water partition coefficient (Wildman–Crippen LogP) is 13.0. The molecule has 3 atom stereocenters. The fourth-order valence-electron chi connectivity index (χ4n) is 6.67. The molecule has 0 aromatic rings. The van der Waals surface area contributed by atoms with E-state index in [2.05, 4.69) is 38.2 Å². The first kappa shape index (κ1) is 56.5. The maximum Gasteiger partial charge on any atom is 0.472 e. The van der Waals surface area contributed by atoms with Crippen molar-refractivity contribution < 1.29 is 47.8 Å². The summed E-state index contributed by atoms with van der Waals surface area (Å²) in [5.74, 6) is -0.923. The normalized spacial score (nSPS) is 13.9. The number of allylic oxidation sites excluding steroid dienone is 4. The van der Waals surface area contributed by atoms with E-state index in [-0.39, 0.29) is 19.4 Å². The quantitative estimate of drug-likeness (QED) is 0.0234. The standard InChI is InChI=1S/C47H89O10P/c1-3-5-7-9-11-13-15-17-19-21-23-24-26-28-30-32-34-36-38-46(50)54-42-45(43-56-58(52,53)55-41-44(49)40-48)57-47(51)39-37-35-33-31-29-27-25-22-20-18-16-14-12-10-8-6-4-2/h12,14,18,20,44-45,48-49H,3-11,13,15-17,19,21-43H2,1-2H3,(H,52,53)/b14-12+,20-18+/t44-,45+/m0/s1. The van der Waals surface area contributed by atoms with Crippen molar-refractivity contribution in [1.29, 1.82) is 0 Å². The molecule has 11 heteroatoms. The lowest BCUT2D eigenvalue weighted by Crippen LogP contribution is -2.29. The molecule has 58 heavy (non-hydrogen) atoms. The van der Waals surface area contributed by atoms with Gasteiger partial charge < -0.3 is 24.6 Å². The molecule has 0 aromatic carbocycles. The van der Waals surface area contributed by atoms with Crippen molar-refractivity contribution in [2.75, 3.05) is 26.4 Å². The molecule has 3 N–H and O–H groups in total. The molecule has 0 amide bonds. The summed E-state index contributed by atoms with van der Waals surface area (Å²) < 4.78 is 32.8. The lowest BCUT2D eigenvalue weighted by atomic mass is 10.0. The van der Waals surface area contributed by atoms with Crippen molar-refractivity contribution in [3.8, 4) is 0 Å². The van der Waals surface area contributed by atoms with Gasteiger partial charge in [-0.25, -0.2) is 4.57 Å². The smallest absolute Gasteiger partial charge is 0.462 e. The zero-order chi connectivity index (χ0) is 42.6. The first-order chi connectivity index (χ1) is 28.2. The Labute approximate surface area is 355 Å². The Morgan fingerprint density at radius 3 is 1.36 bits per heavy atom. The van der Waals surface area contributed by atoms with Gasteiger partial charge in [0.2, 0.25) is 0 Å². The van der Waals surface area contributed by atoms with Gasteiger partial charge in [0.25, 0.3) is 0 Å². The van der Waals surface area contributed by atoms with Gasteiger partial charge in [-0.1, -0.05) is 192 Å². The first-order valence-corrected chi connectivity index (χ1v) is 25.3. The van der Waals surface area contributed by atoms with E-state index in [1.54, 1.807) is 0 Å². The molecular formula is C47H89O10P. The number of hydrogen-bond acceptors (Lipinski definition) is 9. The van der Waals surface area contributed by atoms with Crippen LogP contribution in [0.1, 0.15) is 226 Å². The second-order valence-corrected chi connectivity index (χ2v) is 17.6. The molecule has 0 saturated heterocycles. The topological polar surface area (TPSA) is 149 Å². The van der Waals surface area contributed by atoms with Crippen molar-refractivity contribution in [1.82, 2.24) is 0 Å². The highest BCUT2D eigenvalue weighted by molar-refractivity contribution is 7.47. The van der Waals surface area contributed by atoms with Gasteiger partial charge in [0.1, 0.15) is 12.7 Å². The van der Waals surface area contributed by atoms with Gasteiger partial charge in [-0.15, -0.1) is 0 Å². The number of unbranched alkanes of at least 4 members (excludes halogenated alkanes) is 27. The SMILES string of the molecule is CCCCC/C=C/C/C=C/CCCCCCCCCC(=O)O[C@H](COC(=O)CCCCCCCCCCCCCCCCCCCC)COP(=O)(O)OC[C@@H](O)CO. The minimum Gasteiger partial charge on any atom is -0.462 e. The number of aliphatic hydroxyl groups excluding tert-OH is 2. The Morgan fingerprint density at radius 1 is 0.517 bits per heavy atom. The molecule has 0 aliphatic rings. The lowest BCUT2D eigenvalue weighted by Gasteiger charge is -2.20. The van der Waals surface area contributed by atoms with Gasteiger partial charge in [0, 0.05) is 12.8 Å². The average Bonchev–Trinajstić information content (AvgIpc) is 3.21. The fourth-order valence-corrected chi connectivity index (χ4v) is 7.46. The van der Waals surface area contributed by atoms with E-state index in [4.69, 9.17) is 23.6 Å². The zero-order valence-electron chi connectivity index (χ0n) is 37.3. The molecular weight excluding hydrogens is 755 g/mol. The van der Waals surface area contributed by atoms with Crippen LogP contribution in [0, 0.1) is 0 Å². The lowest BCUT2D eigenvalue weighted by molar-refractivity contribution is -0.161. The van der Waals surface area contributed by atoms with E-state index in [0.29, 0.717) is 12.8 Å². The second kappa shape index (κ2) is 43.5. The van der Waals surface area contributed by atoms with Crippen LogP contribution in [-0.4, -0.2) is 65.7 Å². The highest BCUT2D eigenvalue weighted by Crippen LogP contribution is 2.43. The second-order valence-electron chi connectivity index (χ2n) is 16.1. The molecule has 0 bridgehead atoms. The van der Waals surface area contributed by atoms with E-state index >= 15 is 0 Å². The monoisotopic (exact) mass is 845 g/mol. The van der Waals surface area contributed by atoms with Crippen molar-refractivity contribution in [3.05, 3.63) is 24.3 Å². The maximum atomic E-state index is 12.6. The summed E-state index contributed by atoms with van der Waals surface area (Å²) in [7, 11) is -4.62. The molecule has 0 rings (SSSR count). The largest absolute Gasteiger partial charge is 0.472 e. The molecule has 1 unspecified atom stereocenters. The molecule has 0 radical (unpaired) electrons. The molecule has 0 aliphatic carbocycles. The molecule has 0 fully saturated rings. The summed E-state index contributed by atoms with van der Waals surface area (Å²) in [6.07, 6.45) is 44.2. The predicted molar refractivity (Wildman–Crippen MR) is 238 cm³/mol. The summed E-state index contributed by atoms with van der Waals surface area (Å²) in [5.41, 5.74) is 0. The first-order valence-electron chi connectivity index (χ1n) is 23.8. The van der Waals surface area contributed by atoms with Crippen molar-refractivity contribution in [2.24, 2.45) is 0 Å². The number of carbonyl (C=O) groups is 2. The summed E-state index contributed by atoms with van der Waals surface area (Å²) in [4.78, 5) is 35.1. The summed E-state index contributed by atoms with van der Waals surface area (Å²) >= 11 is 0. The van der Waals surface area contributed by atoms with E-state index in [1.165, 1.54) is 135 Å². The third-order valence-corrected chi connectivity index (χ3v) is 11.3. The van der Waals surface area contributed by atoms with Crippen LogP contribution < -0.4 is 0 Å². The number of aliphatic hydroxyl groups is 2. The van der Waals surface area contributed by atoms with Crippen molar-refractivity contribution in [2.45, 2.75) is 238 Å². The minimum atomic E-state index is -4.62. The Bertz CT molecular complexity index is 1020. The van der Waals surface area contributed by atoms with Crippen molar-refractivity contribution >= 4 is 19.8 Å². The van der Waals surface area contributed by atoms with Gasteiger partial charge in [0.15, 0.2) is 6.10 Å². The fraction of sp³-hybridized carbons (Fsp3) is 0.872. The third-order valence-electron chi connectivity index (χ3n) is 10.4. The van der Waals surface area contributed by atoms with Crippen LogP contribution in [0.25, 0.3) is 0 Å². The molecule has 0 aliphatic heterocycles. The molecule has 0 spiro atoms. The van der Waals surface area contributed by atoms with Crippen LogP contribution in [0.4, 0.5) is 0 Å². The highest BCUT2D eigenvalue weighted by Gasteiger charge is 2.27. The number of rotatable bonds is 45. The van der Waals surface area contributed by atoms with Crippen LogP contribution >= 0.6 is 7.82 Å². The molecule has 342 valence electrons. The van der Waals surface area contributed by atoms with Gasteiger partial charge in [-0.3, -0.25) is 18.6 Å². The van der Waals surface area contributed by atoms with E-state index in [0.717, 1.165) is 51.4 Å². The summed E-state index contributed by atoms with van der Waals surface area (Å²) in [5, 5.41) is 18.4. The Morgan fingerprint density at radius 2 is 0.897 bits per heavy atom. The third kappa shape index (κ3) is 42.6. The van der Waals surface area contributed by atoms with Crippen LogP contribution in [0.2, 0.25) is 0 Å². The zero-order valence-corrected chi connectivity index (χ0v) is 38.2. The number of phosphoric ester groups is 1. The Hall–Kier alpha value is -1.55. The van der Waals surface area contributed by atoms with Gasteiger partial charge in [-0.2, -0.15) is 0 Å². The van der Waals surface area contributed by atoms with Crippen LogP contribution in [0.3, 0.4) is 0 Å². The van der Waals surface area contributed by atoms with Gasteiger partial charge in [0.05, 0.1) is 19.8 Å². The molecule has 10 nitrogen and oxygen atoms in total. The summed E-state index contributed by atoms with van der Waals surface area (Å²) in [6.45, 7) is 2.38. The summed E-state index contributed by atoms with van der Waals surface area (Å²) in [6, 6.07) is 0. The number of hydrogen-bond donors (Lipinski definition) is 3. The molecule has 0 saturated carbocycles. The van der Waals surface area contributed by atoms with Crippen molar-refractivity contribution in [3.63, 3.8) is 0 Å². The average molecular weight is 845 g/mol. The maximum absolute atomic E-state index is 12.6.